The van der Waals surface area contributed by atoms with Crippen molar-refractivity contribution in [2.45, 2.75) is 44.3 Å². The van der Waals surface area contributed by atoms with E-state index in [4.69, 9.17) is 5.84 Å². The van der Waals surface area contributed by atoms with Gasteiger partial charge < -0.3 is 10.7 Å². The third-order valence-corrected chi connectivity index (χ3v) is 3.05. The molecule has 106 valence electrons. The van der Waals surface area contributed by atoms with Gasteiger partial charge in [-0.15, -0.1) is 0 Å². The molecular weight excluding hydrogens is 259 g/mol. The molecule has 1 aromatic rings. The van der Waals surface area contributed by atoms with Crippen LogP contribution < -0.4 is 16.6 Å². The number of nitrogens with two attached hydrogens (primary N) is 1. The van der Waals surface area contributed by atoms with Crippen LogP contribution in [0.2, 0.25) is 0 Å². The summed E-state index contributed by atoms with van der Waals surface area (Å²) in [6.07, 6.45) is -2.76. The van der Waals surface area contributed by atoms with Gasteiger partial charge in [0.1, 0.15) is 23.0 Å². The zero-order chi connectivity index (χ0) is 14.1. The molecule has 0 unspecified atom stereocenters. The Hall–Kier alpha value is -1.57. The van der Waals surface area contributed by atoms with Crippen LogP contribution >= 0.6 is 0 Å². The molecular formula is C11H16F3N5. The topological polar surface area (TPSA) is 75.9 Å². The Balaban J connectivity index is 2.22. The Kier molecular flexibility index (Phi) is 3.53. The van der Waals surface area contributed by atoms with Crippen molar-refractivity contribution in [3.05, 3.63) is 11.9 Å². The Morgan fingerprint density at radius 1 is 1.32 bits per heavy atom. The maximum absolute atomic E-state index is 12.9. The minimum absolute atomic E-state index is 0.0645. The summed E-state index contributed by atoms with van der Waals surface area (Å²) in [5.41, 5.74) is 0.502. The molecule has 0 aliphatic heterocycles. The molecule has 1 saturated carbocycles. The van der Waals surface area contributed by atoms with E-state index in [1.165, 1.54) is 6.07 Å². The number of nitrogens with one attached hydrogen (secondary N) is 2. The molecule has 0 spiro atoms. The lowest BCUT2D eigenvalue weighted by molar-refractivity contribution is -0.151. The number of aryl methyl sites for hydroxylation is 1. The SMILES string of the molecule is CCCc1nc(NN)cc(NC2(C(F)(F)F)CC2)n1. The van der Waals surface area contributed by atoms with Crippen molar-refractivity contribution in [3.63, 3.8) is 0 Å². The highest BCUT2D eigenvalue weighted by molar-refractivity contribution is 5.50. The van der Waals surface area contributed by atoms with Crippen molar-refractivity contribution in [1.29, 1.82) is 0 Å². The minimum Gasteiger partial charge on any atom is -0.356 e. The molecule has 0 saturated heterocycles. The normalized spacial score (nSPS) is 17.1. The summed E-state index contributed by atoms with van der Waals surface area (Å²) in [5, 5.41) is 2.47. The van der Waals surface area contributed by atoms with Gasteiger partial charge in [-0.1, -0.05) is 6.92 Å². The van der Waals surface area contributed by atoms with Gasteiger partial charge in [0.05, 0.1) is 0 Å². The van der Waals surface area contributed by atoms with E-state index in [9.17, 15) is 13.2 Å². The molecule has 8 heteroatoms. The first kappa shape index (κ1) is 13.9. The van der Waals surface area contributed by atoms with E-state index in [1.807, 2.05) is 6.92 Å². The number of anilines is 2. The van der Waals surface area contributed by atoms with Crippen LogP contribution in [0.15, 0.2) is 6.07 Å². The molecule has 19 heavy (non-hydrogen) atoms. The van der Waals surface area contributed by atoms with Gasteiger partial charge >= 0.3 is 6.18 Å². The summed E-state index contributed by atoms with van der Waals surface area (Å²) in [6.45, 7) is 1.94. The highest BCUT2D eigenvalue weighted by Gasteiger charge is 2.63. The predicted molar refractivity (Wildman–Crippen MR) is 65.5 cm³/mol. The number of hydrogen-bond donors (Lipinski definition) is 3. The van der Waals surface area contributed by atoms with Crippen LogP contribution in [-0.2, 0) is 6.42 Å². The maximum Gasteiger partial charge on any atom is 0.411 e. The van der Waals surface area contributed by atoms with Gasteiger partial charge in [0.25, 0.3) is 0 Å². The Bertz CT molecular complexity index is 456. The Labute approximate surface area is 108 Å². The van der Waals surface area contributed by atoms with Crippen molar-refractivity contribution in [2.75, 3.05) is 10.7 Å². The van der Waals surface area contributed by atoms with Crippen molar-refractivity contribution in [3.8, 4) is 0 Å². The van der Waals surface area contributed by atoms with E-state index in [1.54, 1.807) is 0 Å². The van der Waals surface area contributed by atoms with Gasteiger partial charge in [-0.25, -0.2) is 15.8 Å². The lowest BCUT2D eigenvalue weighted by Crippen LogP contribution is -2.39. The fourth-order valence-electron chi connectivity index (χ4n) is 1.82. The smallest absolute Gasteiger partial charge is 0.356 e. The summed E-state index contributed by atoms with van der Waals surface area (Å²) in [7, 11) is 0. The fraction of sp³-hybridized carbons (Fsp3) is 0.636. The highest BCUT2D eigenvalue weighted by atomic mass is 19.4. The van der Waals surface area contributed by atoms with Gasteiger partial charge in [0.15, 0.2) is 0 Å². The summed E-state index contributed by atoms with van der Waals surface area (Å²) >= 11 is 0. The number of halogens is 3. The lowest BCUT2D eigenvalue weighted by atomic mass is 10.2. The molecule has 1 aliphatic rings. The fourth-order valence-corrected chi connectivity index (χ4v) is 1.82. The van der Waals surface area contributed by atoms with Crippen molar-refractivity contribution in [1.82, 2.24) is 9.97 Å². The molecule has 0 atom stereocenters. The van der Waals surface area contributed by atoms with Crippen molar-refractivity contribution in [2.24, 2.45) is 5.84 Å². The Morgan fingerprint density at radius 3 is 2.42 bits per heavy atom. The molecule has 1 heterocycles. The van der Waals surface area contributed by atoms with Crippen LogP contribution in [0.25, 0.3) is 0 Å². The van der Waals surface area contributed by atoms with Crippen LogP contribution in [0.3, 0.4) is 0 Å². The number of hydrazine groups is 1. The first-order valence-electron chi connectivity index (χ1n) is 6.10. The lowest BCUT2D eigenvalue weighted by Gasteiger charge is -2.21. The van der Waals surface area contributed by atoms with E-state index < -0.39 is 11.7 Å². The van der Waals surface area contributed by atoms with E-state index in [-0.39, 0.29) is 18.7 Å². The average Bonchev–Trinajstić information content (AvgIpc) is 3.09. The molecule has 0 bridgehead atoms. The molecule has 1 aromatic heterocycles. The minimum atomic E-state index is -4.28. The van der Waals surface area contributed by atoms with Gasteiger partial charge in [-0.05, 0) is 19.3 Å². The highest BCUT2D eigenvalue weighted by Crippen LogP contribution is 2.51. The number of nitrogen functional groups attached to an aromatic ring is 1. The summed E-state index contributed by atoms with van der Waals surface area (Å²) in [6, 6.07) is 1.38. The number of nitrogens with zero attached hydrogens (tertiary/aromatic N) is 2. The zero-order valence-corrected chi connectivity index (χ0v) is 10.5. The van der Waals surface area contributed by atoms with Crippen LogP contribution in [-0.4, -0.2) is 21.7 Å². The average molecular weight is 275 g/mol. The van der Waals surface area contributed by atoms with Gasteiger partial charge in [0, 0.05) is 12.5 Å². The molecule has 4 N–H and O–H groups in total. The van der Waals surface area contributed by atoms with Gasteiger partial charge in [0.2, 0.25) is 0 Å². The zero-order valence-electron chi connectivity index (χ0n) is 10.5. The van der Waals surface area contributed by atoms with E-state index in [0.29, 0.717) is 18.1 Å². The second-order valence-electron chi connectivity index (χ2n) is 4.65. The van der Waals surface area contributed by atoms with Crippen molar-refractivity contribution < 1.29 is 13.2 Å². The molecule has 0 amide bonds. The maximum atomic E-state index is 12.9. The van der Waals surface area contributed by atoms with Crippen LogP contribution in [0, 0.1) is 0 Å². The molecule has 1 fully saturated rings. The second-order valence-corrected chi connectivity index (χ2v) is 4.65. The molecule has 0 aromatic carbocycles. The number of aromatic nitrogens is 2. The monoisotopic (exact) mass is 275 g/mol. The first-order valence-corrected chi connectivity index (χ1v) is 6.10. The van der Waals surface area contributed by atoms with E-state index in [0.717, 1.165) is 6.42 Å². The molecule has 1 aliphatic carbocycles. The van der Waals surface area contributed by atoms with Gasteiger partial charge in [-0.3, -0.25) is 0 Å². The Morgan fingerprint density at radius 2 is 1.95 bits per heavy atom. The summed E-state index contributed by atoms with van der Waals surface area (Å²) in [5.74, 6) is 6.19. The molecule has 0 radical (unpaired) electrons. The third-order valence-electron chi connectivity index (χ3n) is 3.05. The third kappa shape index (κ3) is 2.89. The largest absolute Gasteiger partial charge is 0.411 e. The van der Waals surface area contributed by atoms with E-state index in [2.05, 4.69) is 20.7 Å². The molecule has 2 rings (SSSR count). The van der Waals surface area contributed by atoms with E-state index >= 15 is 0 Å². The quantitative estimate of drug-likeness (QED) is 0.567. The van der Waals surface area contributed by atoms with Crippen LogP contribution in [0.4, 0.5) is 24.8 Å². The number of alkyl halides is 3. The second kappa shape index (κ2) is 4.84. The summed E-state index contributed by atoms with van der Waals surface area (Å²) in [4.78, 5) is 8.18. The number of hydrogen-bond acceptors (Lipinski definition) is 5. The van der Waals surface area contributed by atoms with Crippen LogP contribution in [0.5, 0.6) is 0 Å². The van der Waals surface area contributed by atoms with Crippen LogP contribution in [0.1, 0.15) is 32.0 Å². The molecule has 5 nitrogen and oxygen atoms in total. The number of rotatable bonds is 5. The van der Waals surface area contributed by atoms with Gasteiger partial charge in [-0.2, -0.15) is 13.2 Å². The standard InChI is InChI=1S/C11H16F3N5/c1-2-3-7-16-8(6-9(17-7)19-15)18-10(4-5-10)11(12,13)14/h6H,2-5,15H2,1H3,(H2,16,17,18,19). The predicted octanol–water partition coefficient (Wildman–Crippen LogP) is 2.22. The first-order chi connectivity index (χ1) is 8.90. The van der Waals surface area contributed by atoms with Crippen molar-refractivity contribution >= 4 is 11.6 Å². The summed E-state index contributed by atoms with van der Waals surface area (Å²) < 4.78 is 38.6.